The van der Waals surface area contributed by atoms with Crippen LogP contribution in [0.4, 0.5) is 5.69 Å². The number of carbonyl (C=O) groups excluding carboxylic acids is 1. The quantitative estimate of drug-likeness (QED) is 0.483. The Bertz CT molecular complexity index is 643. The summed E-state index contributed by atoms with van der Waals surface area (Å²) in [6.07, 6.45) is 0. The molecule has 0 saturated carbocycles. The predicted octanol–water partition coefficient (Wildman–Crippen LogP) is 2.56. The fourth-order valence-electron chi connectivity index (χ4n) is 1.80. The van der Waals surface area contributed by atoms with E-state index < -0.39 is 10.9 Å². The normalized spacial score (nSPS) is 10.3. The van der Waals surface area contributed by atoms with Gasteiger partial charge in [-0.3, -0.25) is 10.1 Å². The van der Waals surface area contributed by atoms with Crippen LogP contribution in [0.5, 0.6) is 0 Å². The summed E-state index contributed by atoms with van der Waals surface area (Å²) in [4.78, 5) is 22.2. The molecule has 2 aromatic rings. The van der Waals surface area contributed by atoms with Crippen molar-refractivity contribution < 1.29 is 19.0 Å². The zero-order valence-corrected chi connectivity index (χ0v) is 11.0. The minimum atomic E-state index is -0.612. The van der Waals surface area contributed by atoms with Crippen molar-refractivity contribution in [2.45, 2.75) is 20.5 Å². The summed E-state index contributed by atoms with van der Waals surface area (Å²) >= 11 is 0. The lowest BCUT2D eigenvalue weighted by Crippen LogP contribution is -2.08. The zero-order chi connectivity index (χ0) is 14.7. The van der Waals surface area contributed by atoms with E-state index in [1.54, 1.807) is 32.0 Å². The lowest BCUT2D eigenvalue weighted by Gasteiger charge is -2.05. The average Bonchev–Trinajstić information content (AvgIpc) is 2.76. The number of nitro benzene ring substituents is 1. The SMILES string of the molecule is Cc1noc(C)c1C(=O)OCc1ccccc1[N+](=O)[O-]. The molecular weight excluding hydrogens is 264 g/mol. The molecule has 0 bridgehead atoms. The highest BCUT2D eigenvalue weighted by molar-refractivity contribution is 5.91. The van der Waals surface area contributed by atoms with Crippen LogP contribution in [-0.4, -0.2) is 16.0 Å². The van der Waals surface area contributed by atoms with Crippen LogP contribution < -0.4 is 0 Å². The van der Waals surface area contributed by atoms with Gasteiger partial charge in [0.2, 0.25) is 0 Å². The highest BCUT2D eigenvalue weighted by atomic mass is 16.6. The number of nitro groups is 1. The van der Waals surface area contributed by atoms with E-state index >= 15 is 0 Å². The Balaban J connectivity index is 2.14. The molecule has 0 unspecified atom stereocenters. The molecule has 0 radical (unpaired) electrons. The number of rotatable bonds is 4. The van der Waals surface area contributed by atoms with E-state index in [1.165, 1.54) is 6.07 Å². The lowest BCUT2D eigenvalue weighted by atomic mass is 10.2. The molecule has 2 rings (SSSR count). The van der Waals surface area contributed by atoms with Gasteiger partial charge in [-0.15, -0.1) is 0 Å². The molecule has 1 aromatic heterocycles. The predicted molar refractivity (Wildman–Crippen MR) is 68.2 cm³/mol. The maximum absolute atomic E-state index is 11.9. The van der Waals surface area contributed by atoms with Gasteiger partial charge in [0, 0.05) is 6.07 Å². The number of nitrogens with zero attached hydrogens (tertiary/aromatic N) is 2. The second-order valence-electron chi connectivity index (χ2n) is 4.16. The van der Waals surface area contributed by atoms with Crippen molar-refractivity contribution in [1.82, 2.24) is 5.16 Å². The van der Waals surface area contributed by atoms with Crippen LogP contribution in [0.25, 0.3) is 0 Å². The molecule has 104 valence electrons. The first kappa shape index (κ1) is 13.7. The van der Waals surface area contributed by atoms with Crippen LogP contribution in [0.2, 0.25) is 0 Å². The Morgan fingerprint density at radius 3 is 2.70 bits per heavy atom. The first-order chi connectivity index (χ1) is 9.50. The van der Waals surface area contributed by atoms with Gasteiger partial charge in [-0.05, 0) is 19.9 Å². The molecule has 1 heterocycles. The van der Waals surface area contributed by atoms with Crippen molar-refractivity contribution in [3.63, 3.8) is 0 Å². The monoisotopic (exact) mass is 276 g/mol. The van der Waals surface area contributed by atoms with E-state index in [4.69, 9.17) is 9.26 Å². The third-order valence-corrected chi connectivity index (χ3v) is 2.78. The van der Waals surface area contributed by atoms with Crippen molar-refractivity contribution in [3.8, 4) is 0 Å². The Hall–Kier alpha value is -2.70. The summed E-state index contributed by atoms with van der Waals surface area (Å²) in [6.45, 7) is 3.04. The van der Waals surface area contributed by atoms with Crippen molar-refractivity contribution in [3.05, 3.63) is 57.0 Å². The first-order valence-corrected chi connectivity index (χ1v) is 5.83. The fraction of sp³-hybridized carbons (Fsp3) is 0.231. The Labute approximate surface area is 114 Å². The van der Waals surface area contributed by atoms with Gasteiger partial charge in [-0.1, -0.05) is 17.3 Å². The molecular formula is C13H12N2O5. The van der Waals surface area contributed by atoms with Gasteiger partial charge in [-0.25, -0.2) is 4.79 Å². The van der Waals surface area contributed by atoms with Gasteiger partial charge in [0.25, 0.3) is 5.69 Å². The van der Waals surface area contributed by atoms with E-state index in [0.717, 1.165) is 0 Å². The molecule has 0 fully saturated rings. The van der Waals surface area contributed by atoms with Gasteiger partial charge in [-0.2, -0.15) is 0 Å². The number of hydrogen-bond acceptors (Lipinski definition) is 6. The lowest BCUT2D eigenvalue weighted by molar-refractivity contribution is -0.385. The number of aromatic nitrogens is 1. The van der Waals surface area contributed by atoms with Crippen LogP contribution in [0.1, 0.15) is 27.4 Å². The van der Waals surface area contributed by atoms with E-state index in [1.807, 2.05) is 0 Å². The third-order valence-electron chi connectivity index (χ3n) is 2.78. The molecule has 0 aliphatic rings. The van der Waals surface area contributed by atoms with Crippen molar-refractivity contribution in [2.24, 2.45) is 0 Å². The number of hydrogen-bond donors (Lipinski definition) is 0. The molecule has 7 nitrogen and oxygen atoms in total. The number of benzene rings is 1. The molecule has 0 N–H and O–H groups in total. The van der Waals surface area contributed by atoms with Crippen molar-refractivity contribution >= 4 is 11.7 Å². The molecule has 0 amide bonds. The molecule has 0 spiro atoms. The number of ether oxygens (including phenoxy) is 1. The van der Waals surface area contributed by atoms with Crippen LogP contribution in [0.15, 0.2) is 28.8 Å². The smallest absolute Gasteiger partial charge is 0.344 e. The summed E-state index contributed by atoms with van der Waals surface area (Å²) in [5.41, 5.74) is 0.926. The second kappa shape index (κ2) is 5.52. The van der Waals surface area contributed by atoms with Crippen molar-refractivity contribution in [2.75, 3.05) is 0 Å². The van der Waals surface area contributed by atoms with Gasteiger partial charge in [0.15, 0.2) is 0 Å². The van der Waals surface area contributed by atoms with Crippen LogP contribution >= 0.6 is 0 Å². The molecule has 7 heteroatoms. The number of aryl methyl sites for hydroxylation is 2. The van der Waals surface area contributed by atoms with Crippen LogP contribution in [0, 0.1) is 24.0 Å². The van der Waals surface area contributed by atoms with Gasteiger partial charge in [0.05, 0.1) is 16.2 Å². The maximum Gasteiger partial charge on any atom is 0.344 e. The Kier molecular flexibility index (Phi) is 3.79. The number of esters is 1. The molecule has 0 atom stereocenters. The minimum Gasteiger partial charge on any atom is -0.457 e. The first-order valence-electron chi connectivity index (χ1n) is 5.83. The Morgan fingerprint density at radius 1 is 1.40 bits per heavy atom. The summed E-state index contributed by atoms with van der Waals surface area (Å²) < 4.78 is 9.95. The molecule has 0 aliphatic carbocycles. The summed E-state index contributed by atoms with van der Waals surface area (Å²) in [5.74, 6) is -0.255. The topological polar surface area (TPSA) is 95.5 Å². The largest absolute Gasteiger partial charge is 0.457 e. The summed E-state index contributed by atoms with van der Waals surface area (Å²) in [6, 6.07) is 6.10. The van der Waals surface area contributed by atoms with Gasteiger partial charge < -0.3 is 9.26 Å². The fourth-order valence-corrected chi connectivity index (χ4v) is 1.80. The minimum absolute atomic E-state index is 0.0842. The Morgan fingerprint density at radius 2 is 2.10 bits per heavy atom. The summed E-state index contributed by atoms with van der Waals surface area (Å²) in [7, 11) is 0. The molecule has 0 aliphatic heterocycles. The third kappa shape index (κ3) is 2.66. The van der Waals surface area contributed by atoms with Crippen LogP contribution in [-0.2, 0) is 11.3 Å². The van der Waals surface area contributed by atoms with Crippen molar-refractivity contribution in [1.29, 1.82) is 0 Å². The maximum atomic E-state index is 11.9. The molecule has 0 saturated heterocycles. The zero-order valence-electron chi connectivity index (χ0n) is 11.0. The highest BCUT2D eigenvalue weighted by Gasteiger charge is 2.20. The molecule has 1 aromatic carbocycles. The van der Waals surface area contributed by atoms with Gasteiger partial charge >= 0.3 is 5.97 Å². The van der Waals surface area contributed by atoms with Crippen LogP contribution in [0.3, 0.4) is 0 Å². The van der Waals surface area contributed by atoms with E-state index in [2.05, 4.69) is 5.16 Å². The van der Waals surface area contributed by atoms with E-state index in [0.29, 0.717) is 17.0 Å². The number of para-hydroxylation sites is 1. The molecule has 20 heavy (non-hydrogen) atoms. The van der Waals surface area contributed by atoms with Gasteiger partial charge in [0.1, 0.15) is 17.9 Å². The second-order valence-corrected chi connectivity index (χ2v) is 4.16. The highest BCUT2D eigenvalue weighted by Crippen LogP contribution is 2.20. The standard InChI is InChI=1S/C13H12N2O5/c1-8-12(9(2)20-14-8)13(16)19-7-10-5-3-4-6-11(10)15(17)18/h3-6H,7H2,1-2H3. The average molecular weight is 276 g/mol. The van der Waals surface area contributed by atoms with E-state index in [-0.39, 0.29) is 17.9 Å². The number of carbonyl (C=O) groups is 1. The van der Waals surface area contributed by atoms with E-state index in [9.17, 15) is 14.9 Å². The summed E-state index contributed by atoms with van der Waals surface area (Å²) in [5, 5.41) is 14.5.